The van der Waals surface area contributed by atoms with E-state index in [1.54, 1.807) is 22.2 Å². The van der Waals surface area contributed by atoms with Crippen LogP contribution in [0.25, 0.3) is 10.9 Å². The molecule has 1 fully saturated rings. The summed E-state index contributed by atoms with van der Waals surface area (Å²) in [5.74, 6) is -1.12. The first-order valence-corrected chi connectivity index (χ1v) is 11.7. The quantitative estimate of drug-likeness (QED) is 0.406. The van der Waals surface area contributed by atoms with E-state index < -0.39 is 11.9 Å². The van der Waals surface area contributed by atoms with Gasteiger partial charge in [0.1, 0.15) is 5.82 Å². The number of nitrogens with zero attached hydrogens (tertiary/aromatic N) is 3. The average Bonchev–Trinajstić information content (AvgIpc) is 3.43. The fraction of sp³-hybridized carbons (Fsp3) is 0.435. The fourth-order valence-corrected chi connectivity index (χ4v) is 4.73. The van der Waals surface area contributed by atoms with Crippen molar-refractivity contribution in [2.24, 2.45) is 0 Å². The molecule has 0 radical (unpaired) electrons. The minimum absolute atomic E-state index is 0.114. The van der Waals surface area contributed by atoms with E-state index in [0.29, 0.717) is 28.6 Å². The summed E-state index contributed by atoms with van der Waals surface area (Å²) in [7, 11) is 0. The number of likely N-dealkylation sites (tertiary alicyclic amines) is 1. The molecule has 1 atom stereocenters. The molecule has 0 amide bonds. The number of fused-ring (bicyclic) bond motifs is 1. The molecule has 170 valence electrons. The van der Waals surface area contributed by atoms with Gasteiger partial charge in [-0.15, -0.1) is 11.3 Å². The first-order valence-electron chi connectivity index (χ1n) is 10.8. The Morgan fingerprint density at radius 2 is 2.06 bits per heavy atom. The number of ether oxygens (including phenoxy) is 1. The molecule has 1 N–H and O–H groups in total. The van der Waals surface area contributed by atoms with E-state index in [4.69, 9.17) is 4.74 Å². The van der Waals surface area contributed by atoms with Crippen LogP contribution in [-0.4, -0.2) is 50.9 Å². The molecule has 3 heterocycles. The SMILES string of the molecule is CC[C@@H](O)c1csc(C(=O)c2cn(COC(=O)CN3CCCCC3)c3cc(F)ccc23)n1. The number of benzene rings is 1. The lowest BCUT2D eigenvalue weighted by atomic mass is 10.1. The Bertz CT molecular complexity index is 1120. The number of halogens is 1. The number of carbonyl (C=O) groups is 2. The monoisotopic (exact) mass is 459 g/mol. The minimum atomic E-state index is -0.720. The van der Waals surface area contributed by atoms with Crippen molar-refractivity contribution >= 4 is 34.0 Å². The first-order chi connectivity index (χ1) is 15.5. The molecule has 0 unspecified atom stereocenters. The summed E-state index contributed by atoms with van der Waals surface area (Å²) in [4.78, 5) is 31.8. The number of piperidine rings is 1. The number of rotatable bonds is 8. The highest BCUT2D eigenvalue weighted by Crippen LogP contribution is 2.27. The topological polar surface area (TPSA) is 84.7 Å². The van der Waals surface area contributed by atoms with E-state index in [1.165, 1.54) is 18.6 Å². The largest absolute Gasteiger partial charge is 0.443 e. The molecule has 1 saturated heterocycles. The molecule has 2 aromatic heterocycles. The molecule has 4 rings (SSSR count). The Balaban J connectivity index is 1.54. The molecule has 32 heavy (non-hydrogen) atoms. The molecule has 9 heteroatoms. The second-order valence-electron chi connectivity index (χ2n) is 7.99. The Hall–Kier alpha value is -2.62. The van der Waals surface area contributed by atoms with Crippen LogP contribution in [0.1, 0.15) is 59.8 Å². The molecular formula is C23H26FN3O4S. The van der Waals surface area contributed by atoms with E-state index in [2.05, 4.69) is 9.88 Å². The molecule has 3 aromatic rings. The molecule has 1 aliphatic rings. The fourth-order valence-electron chi connectivity index (χ4n) is 3.91. The zero-order chi connectivity index (χ0) is 22.7. The number of thiazole rings is 1. The van der Waals surface area contributed by atoms with Gasteiger partial charge in [-0.2, -0.15) is 0 Å². The van der Waals surface area contributed by atoms with Crippen molar-refractivity contribution in [2.75, 3.05) is 19.6 Å². The number of hydrogen-bond donors (Lipinski definition) is 1. The van der Waals surface area contributed by atoms with Gasteiger partial charge >= 0.3 is 5.97 Å². The highest BCUT2D eigenvalue weighted by atomic mass is 32.1. The standard InChI is InChI=1S/C23H26FN3O4S/c1-2-20(28)18-13-32-23(25-18)22(30)17-11-27(19-10-15(24)6-7-16(17)19)14-31-21(29)12-26-8-4-3-5-9-26/h6-7,10-11,13,20,28H,2-5,8-9,12,14H2,1H3/t20-/m1/s1. The van der Waals surface area contributed by atoms with Crippen LogP contribution in [0, 0.1) is 5.82 Å². The van der Waals surface area contributed by atoms with Crippen molar-refractivity contribution in [1.29, 1.82) is 0 Å². The Morgan fingerprint density at radius 1 is 1.28 bits per heavy atom. The molecular weight excluding hydrogens is 433 g/mol. The maximum absolute atomic E-state index is 13.9. The number of carbonyl (C=O) groups excluding carboxylic acids is 2. The number of aromatic nitrogens is 2. The summed E-state index contributed by atoms with van der Waals surface area (Å²) < 4.78 is 20.9. The normalized spacial score (nSPS) is 15.7. The zero-order valence-corrected chi connectivity index (χ0v) is 18.7. The molecule has 0 aliphatic carbocycles. The lowest BCUT2D eigenvalue weighted by Gasteiger charge is -2.25. The van der Waals surface area contributed by atoms with E-state index in [1.807, 2.05) is 6.92 Å². The third kappa shape index (κ3) is 4.90. The van der Waals surface area contributed by atoms with Gasteiger partial charge in [0.15, 0.2) is 11.7 Å². The third-order valence-corrected chi connectivity index (χ3v) is 6.56. The van der Waals surface area contributed by atoms with Gasteiger partial charge in [-0.3, -0.25) is 14.5 Å². The van der Waals surface area contributed by atoms with E-state index in [0.717, 1.165) is 37.3 Å². The predicted molar refractivity (Wildman–Crippen MR) is 119 cm³/mol. The highest BCUT2D eigenvalue weighted by Gasteiger charge is 2.22. The van der Waals surface area contributed by atoms with Gasteiger partial charge in [-0.1, -0.05) is 13.3 Å². The van der Waals surface area contributed by atoms with Gasteiger partial charge in [0.25, 0.3) is 0 Å². The minimum Gasteiger partial charge on any atom is -0.443 e. The first kappa shape index (κ1) is 22.6. The van der Waals surface area contributed by atoms with Crippen molar-refractivity contribution in [3.63, 3.8) is 0 Å². The number of ketones is 1. The highest BCUT2D eigenvalue weighted by molar-refractivity contribution is 7.12. The maximum atomic E-state index is 13.9. The van der Waals surface area contributed by atoms with Gasteiger partial charge in [0.2, 0.25) is 5.78 Å². The average molecular weight is 460 g/mol. The van der Waals surface area contributed by atoms with Crippen molar-refractivity contribution in [3.8, 4) is 0 Å². The number of aliphatic hydroxyl groups is 1. The van der Waals surface area contributed by atoms with Crippen molar-refractivity contribution in [2.45, 2.75) is 45.4 Å². The Kier molecular flexibility index (Phi) is 6.98. The summed E-state index contributed by atoms with van der Waals surface area (Å²) in [5.41, 5.74) is 1.27. The maximum Gasteiger partial charge on any atom is 0.321 e. The summed E-state index contributed by atoms with van der Waals surface area (Å²) in [6.45, 7) is 3.71. The lowest BCUT2D eigenvalue weighted by Crippen LogP contribution is -2.35. The third-order valence-electron chi connectivity index (χ3n) is 5.70. The van der Waals surface area contributed by atoms with E-state index >= 15 is 0 Å². The number of esters is 1. The molecule has 7 nitrogen and oxygen atoms in total. The van der Waals surface area contributed by atoms with Crippen LogP contribution in [0.3, 0.4) is 0 Å². The number of hydrogen-bond acceptors (Lipinski definition) is 7. The lowest BCUT2D eigenvalue weighted by molar-refractivity contribution is -0.148. The summed E-state index contributed by atoms with van der Waals surface area (Å²) >= 11 is 1.16. The van der Waals surface area contributed by atoms with Crippen LogP contribution in [0.4, 0.5) is 4.39 Å². The van der Waals surface area contributed by atoms with Gasteiger partial charge in [0.05, 0.1) is 29.4 Å². The van der Waals surface area contributed by atoms with Crippen molar-refractivity contribution in [1.82, 2.24) is 14.5 Å². The zero-order valence-electron chi connectivity index (χ0n) is 17.9. The van der Waals surface area contributed by atoms with E-state index in [9.17, 15) is 19.1 Å². The molecule has 0 saturated carbocycles. The van der Waals surface area contributed by atoms with Gasteiger partial charge in [-0.25, -0.2) is 9.37 Å². The van der Waals surface area contributed by atoms with Gasteiger partial charge in [-0.05, 0) is 50.6 Å². The second kappa shape index (κ2) is 9.89. The van der Waals surface area contributed by atoms with E-state index in [-0.39, 0.29) is 30.0 Å². The Labute approximate surface area is 189 Å². The smallest absolute Gasteiger partial charge is 0.321 e. The van der Waals surface area contributed by atoms with Crippen LogP contribution < -0.4 is 0 Å². The predicted octanol–water partition coefficient (Wildman–Crippen LogP) is 3.90. The second-order valence-corrected chi connectivity index (χ2v) is 8.85. The van der Waals surface area contributed by atoms with Crippen molar-refractivity contribution < 1.29 is 23.8 Å². The van der Waals surface area contributed by atoms with Gasteiger partial charge in [0, 0.05) is 17.0 Å². The summed E-state index contributed by atoms with van der Waals surface area (Å²) in [5, 5.41) is 12.4. The number of aliphatic hydroxyl groups excluding tert-OH is 1. The van der Waals surface area contributed by atoms with Crippen LogP contribution in [0.5, 0.6) is 0 Å². The van der Waals surface area contributed by atoms with Crippen molar-refractivity contribution in [3.05, 3.63) is 51.9 Å². The summed E-state index contributed by atoms with van der Waals surface area (Å²) in [6.07, 6.45) is 4.68. The van der Waals surface area contributed by atoms with Crippen LogP contribution in [0.15, 0.2) is 29.8 Å². The molecule has 1 aliphatic heterocycles. The van der Waals surface area contributed by atoms with Crippen LogP contribution in [0.2, 0.25) is 0 Å². The molecule has 0 bridgehead atoms. The van der Waals surface area contributed by atoms with Crippen LogP contribution >= 0.6 is 11.3 Å². The van der Waals surface area contributed by atoms with Gasteiger partial charge < -0.3 is 14.4 Å². The van der Waals surface area contributed by atoms with Crippen LogP contribution in [-0.2, 0) is 16.3 Å². The molecule has 1 aromatic carbocycles. The summed E-state index contributed by atoms with van der Waals surface area (Å²) in [6, 6.07) is 4.15. The Morgan fingerprint density at radius 3 is 2.81 bits per heavy atom. The molecule has 0 spiro atoms.